The van der Waals surface area contributed by atoms with Crippen LogP contribution in [-0.2, 0) is 11.8 Å². The Morgan fingerprint density at radius 1 is 1.39 bits per heavy atom. The third-order valence-electron chi connectivity index (χ3n) is 2.81. The average molecular weight is 244 g/mol. The van der Waals surface area contributed by atoms with Crippen LogP contribution in [0, 0.1) is 6.92 Å². The lowest BCUT2D eigenvalue weighted by Gasteiger charge is -2.10. The highest BCUT2D eigenvalue weighted by atomic mass is 16.2. The van der Waals surface area contributed by atoms with Crippen LogP contribution in [0.15, 0.2) is 36.4 Å². The molecule has 3 N–H and O–H groups in total. The van der Waals surface area contributed by atoms with Crippen LogP contribution in [0.5, 0.6) is 0 Å². The lowest BCUT2D eigenvalue weighted by atomic mass is 10.1. The van der Waals surface area contributed by atoms with Gasteiger partial charge in [-0.3, -0.25) is 9.48 Å². The highest BCUT2D eigenvalue weighted by Crippen LogP contribution is 2.13. The fraction of sp³-hybridized carbons (Fsp3) is 0.231. The van der Waals surface area contributed by atoms with Gasteiger partial charge in [-0.2, -0.15) is 5.10 Å². The van der Waals surface area contributed by atoms with Crippen molar-refractivity contribution >= 4 is 11.7 Å². The lowest BCUT2D eigenvalue weighted by molar-refractivity contribution is -0.117. The number of carbonyl (C=O) groups is 1. The van der Waals surface area contributed by atoms with Gasteiger partial charge < -0.3 is 11.1 Å². The van der Waals surface area contributed by atoms with E-state index in [0.29, 0.717) is 5.82 Å². The monoisotopic (exact) mass is 244 g/mol. The summed E-state index contributed by atoms with van der Waals surface area (Å²) in [5.41, 5.74) is 7.64. The molecule has 0 radical (unpaired) electrons. The average Bonchev–Trinajstić information content (AvgIpc) is 2.68. The van der Waals surface area contributed by atoms with Crippen LogP contribution in [0.2, 0.25) is 0 Å². The molecule has 0 fully saturated rings. The molecule has 2 rings (SSSR count). The summed E-state index contributed by atoms with van der Waals surface area (Å²) in [4.78, 5) is 11.9. The summed E-state index contributed by atoms with van der Waals surface area (Å²) in [6, 6.07) is 10.4. The highest BCUT2D eigenvalue weighted by molar-refractivity contribution is 5.94. The first-order chi connectivity index (χ1) is 8.58. The minimum atomic E-state index is -0.687. The van der Waals surface area contributed by atoms with E-state index in [4.69, 9.17) is 5.73 Å². The largest absolute Gasteiger partial charge is 0.316 e. The molecule has 1 amide bonds. The number of nitrogens with two attached hydrogens (primary N) is 1. The van der Waals surface area contributed by atoms with Crippen molar-refractivity contribution in [3.8, 4) is 0 Å². The normalized spacial score (nSPS) is 12.2. The van der Waals surface area contributed by atoms with E-state index >= 15 is 0 Å². The number of amides is 1. The summed E-state index contributed by atoms with van der Waals surface area (Å²) in [5, 5.41) is 6.86. The summed E-state index contributed by atoms with van der Waals surface area (Å²) >= 11 is 0. The molecule has 1 atom stereocenters. The number of hydrogen-bond acceptors (Lipinski definition) is 3. The molecule has 0 unspecified atom stereocenters. The molecule has 0 saturated heterocycles. The second kappa shape index (κ2) is 5.01. The second-order valence-electron chi connectivity index (χ2n) is 4.17. The van der Waals surface area contributed by atoms with Gasteiger partial charge in [-0.1, -0.05) is 30.3 Å². The van der Waals surface area contributed by atoms with Crippen molar-refractivity contribution in [3.63, 3.8) is 0 Å². The predicted octanol–water partition coefficient (Wildman–Crippen LogP) is 1.37. The van der Waals surface area contributed by atoms with Crippen molar-refractivity contribution in [1.29, 1.82) is 0 Å². The second-order valence-corrected chi connectivity index (χ2v) is 4.17. The standard InChI is InChI=1S/C13H16N4O/c1-9-8-11(16-17(9)2)15-13(18)12(14)10-6-4-3-5-7-10/h3-8,12H,14H2,1-2H3,(H,15,16,18)/t12-/m1/s1. The number of benzene rings is 1. The van der Waals surface area contributed by atoms with E-state index in [1.54, 1.807) is 10.7 Å². The zero-order chi connectivity index (χ0) is 13.1. The molecule has 0 aliphatic carbocycles. The Hall–Kier alpha value is -2.14. The van der Waals surface area contributed by atoms with Gasteiger partial charge in [0, 0.05) is 18.8 Å². The Kier molecular flexibility index (Phi) is 3.43. The van der Waals surface area contributed by atoms with Crippen molar-refractivity contribution in [2.24, 2.45) is 12.8 Å². The quantitative estimate of drug-likeness (QED) is 0.856. The molecule has 5 nitrogen and oxygen atoms in total. The molecular formula is C13H16N4O. The Bertz CT molecular complexity index is 528. The van der Waals surface area contributed by atoms with Crippen molar-refractivity contribution in [2.45, 2.75) is 13.0 Å². The van der Waals surface area contributed by atoms with E-state index in [9.17, 15) is 4.79 Å². The molecule has 1 aromatic heterocycles. The van der Waals surface area contributed by atoms with E-state index in [0.717, 1.165) is 11.3 Å². The zero-order valence-corrected chi connectivity index (χ0v) is 10.4. The lowest BCUT2D eigenvalue weighted by Crippen LogP contribution is -2.27. The Labute approximate surface area is 106 Å². The number of aryl methyl sites for hydroxylation is 2. The third kappa shape index (κ3) is 2.57. The van der Waals surface area contributed by atoms with Crippen LogP contribution in [-0.4, -0.2) is 15.7 Å². The fourth-order valence-electron chi connectivity index (χ4n) is 1.64. The summed E-state index contributed by atoms with van der Waals surface area (Å²) in [6.45, 7) is 1.92. The Morgan fingerprint density at radius 2 is 2.06 bits per heavy atom. The molecule has 0 saturated carbocycles. The van der Waals surface area contributed by atoms with Gasteiger partial charge in [-0.15, -0.1) is 0 Å². The molecule has 94 valence electrons. The summed E-state index contributed by atoms with van der Waals surface area (Å²) < 4.78 is 1.70. The minimum Gasteiger partial charge on any atom is -0.316 e. The van der Waals surface area contributed by atoms with Crippen LogP contribution in [0.4, 0.5) is 5.82 Å². The van der Waals surface area contributed by atoms with Crippen molar-refractivity contribution in [1.82, 2.24) is 9.78 Å². The van der Waals surface area contributed by atoms with E-state index in [1.165, 1.54) is 0 Å². The first-order valence-electron chi connectivity index (χ1n) is 5.70. The maximum absolute atomic E-state index is 11.9. The first-order valence-corrected chi connectivity index (χ1v) is 5.70. The van der Waals surface area contributed by atoms with Crippen LogP contribution >= 0.6 is 0 Å². The first kappa shape index (κ1) is 12.3. The molecule has 0 spiro atoms. The fourth-order valence-corrected chi connectivity index (χ4v) is 1.64. The van der Waals surface area contributed by atoms with Crippen LogP contribution in [0.25, 0.3) is 0 Å². The number of hydrogen-bond donors (Lipinski definition) is 2. The van der Waals surface area contributed by atoms with E-state index in [-0.39, 0.29) is 5.91 Å². The minimum absolute atomic E-state index is 0.265. The van der Waals surface area contributed by atoms with E-state index < -0.39 is 6.04 Å². The van der Waals surface area contributed by atoms with Gasteiger partial charge in [0.1, 0.15) is 6.04 Å². The van der Waals surface area contributed by atoms with Gasteiger partial charge in [-0.05, 0) is 12.5 Å². The SMILES string of the molecule is Cc1cc(NC(=O)[C@H](N)c2ccccc2)nn1C. The van der Waals surface area contributed by atoms with Crippen LogP contribution in [0.3, 0.4) is 0 Å². The van der Waals surface area contributed by atoms with Gasteiger partial charge in [0.15, 0.2) is 5.82 Å². The topological polar surface area (TPSA) is 72.9 Å². The molecule has 18 heavy (non-hydrogen) atoms. The number of rotatable bonds is 3. The number of aromatic nitrogens is 2. The molecule has 0 aliphatic rings. The Morgan fingerprint density at radius 3 is 2.61 bits per heavy atom. The zero-order valence-electron chi connectivity index (χ0n) is 10.4. The van der Waals surface area contributed by atoms with Crippen molar-refractivity contribution in [3.05, 3.63) is 47.7 Å². The molecular weight excluding hydrogens is 228 g/mol. The van der Waals surface area contributed by atoms with Gasteiger partial charge in [-0.25, -0.2) is 0 Å². The van der Waals surface area contributed by atoms with E-state index in [1.807, 2.05) is 44.3 Å². The van der Waals surface area contributed by atoms with Crippen molar-refractivity contribution < 1.29 is 4.79 Å². The number of nitrogens with zero attached hydrogens (tertiary/aromatic N) is 2. The summed E-state index contributed by atoms with van der Waals surface area (Å²) in [6.07, 6.45) is 0. The molecule has 0 bridgehead atoms. The molecule has 0 aliphatic heterocycles. The third-order valence-corrected chi connectivity index (χ3v) is 2.81. The highest BCUT2D eigenvalue weighted by Gasteiger charge is 2.16. The number of carbonyl (C=O) groups excluding carboxylic acids is 1. The summed E-state index contributed by atoms with van der Waals surface area (Å²) in [5.74, 6) is 0.255. The van der Waals surface area contributed by atoms with Gasteiger partial charge in [0.05, 0.1) is 0 Å². The van der Waals surface area contributed by atoms with Gasteiger partial charge in [0.25, 0.3) is 0 Å². The molecule has 1 aromatic carbocycles. The Balaban J connectivity index is 2.08. The predicted molar refractivity (Wildman–Crippen MR) is 69.9 cm³/mol. The maximum Gasteiger partial charge on any atom is 0.247 e. The number of nitrogens with one attached hydrogen (secondary N) is 1. The smallest absolute Gasteiger partial charge is 0.247 e. The van der Waals surface area contributed by atoms with Crippen LogP contribution < -0.4 is 11.1 Å². The van der Waals surface area contributed by atoms with Crippen molar-refractivity contribution in [2.75, 3.05) is 5.32 Å². The molecule has 1 heterocycles. The summed E-state index contributed by atoms with van der Waals surface area (Å²) in [7, 11) is 1.82. The van der Waals surface area contributed by atoms with E-state index in [2.05, 4.69) is 10.4 Å². The van der Waals surface area contributed by atoms with Crippen LogP contribution in [0.1, 0.15) is 17.3 Å². The number of anilines is 1. The van der Waals surface area contributed by atoms with Gasteiger partial charge in [0.2, 0.25) is 5.91 Å². The molecule has 2 aromatic rings. The molecule has 5 heteroatoms. The maximum atomic E-state index is 11.9. The van der Waals surface area contributed by atoms with Gasteiger partial charge >= 0.3 is 0 Å².